The first-order valence-corrected chi connectivity index (χ1v) is 5.34. The van der Waals surface area contributed by atoms with Crippen LogP contribution in [-0.2, 0) is 4.74 Å². The van der Waals surface area contributed by atoms with Gasteiger partial charge in [0.2, 0.25) is 0 Å². The first kappa shape index (κ1) is 12.0. The lowest BCUT2D eigenvalue weighted by atomic mass is 10.1. The molecule has 0 N–H and O–H groups in total. The van der Waals surface area contributed by atoms with Crippen molar-refractivity contribution in [2.24, 2.45) is 0 Å². The number of benzene rings is 1. The molecule has 0 unspecified atom stereocenters. The summed E-state index contributed by atoms with van der Waals surface area (Å²) in [4.78, 5) is 26.0. The number of carbonyl (C=O) groups is 1. The molecule has 18 heavy (non-hydrogen) atoms. The number of nitrogens with zero attached hydrogens (tertiary/aromatic N) is 2. The minimum Gasteiger partial charge on any atom is -0.461 e. The fourth-order valence-electron chi connectivity index (χ4n) is 1.71. The monoisotopic (exact) mass is 246 g/mol. The van der Waals surface area contributed by atoms with Gasteiger partial charge in [0.15, 0.2) is 5.69 Å². The fourth-order valence-corrected chi connectivity index (χ4v) is 1.71. The minimum atomic E-state index is -0.580. The van der Waals surface area contributed by atoms with Crippen molar-refractivity contribution in [1.82, 2.24) is 4.98 Å². The Hall–Kier alpha value is -2.50. The van der Waals surface area contributed by atoms with Crippen LogP contribution >= 0.6 is 0 Å². The van der Waals surface area contributed by atoms with Crippen LogP contribution in [0, 0.1) is 10.1 Å². The van der Waals surface area contributed by atoms with Crippen molar-refractivity contribution in [3.8, 4) is 0 Å². The number of rotatable bonds is 3. The molecule has 2 rings (SSSR count). The lowest BCUT2D eigenvalue weighted by Crippen LogP contribution is -2.07. The van der Waals surface area contributed by atoms with E-state index in [0.29, 0.717) is 10.8 Å². The van der Waals surface area contributed by atoms with E-state index in [9.17, 15) is 14.9 Å². The SMILES string of the molecule is CCOC(=O)c1nccc2c([N+](=O)[O-])cccc12. The maximum atomic E-state index is 11.7. The second-order valence-electron chi connectivity index (χ2n) is 3.51. The van der Waals surface area contributed by atoms with Gasteiger partial charge in [-0.1, -0.05) is 12.1 Å². The molecule has 0 spiro atoms. The molecule has 1 aromatic carbocycles. The van der Waals surface area contributed by atoms with Gasteiger partial charge in [0.25, 0.3) is 5.69 Å². The van der Waals surface area contributed by atoms with Gasteiger partial charge in [-0.3, -0.25) is 10.1 Å². The number of nitro groups is 1. The molecule has 6 heteroatoms. The number of esters is 1. The van der Waals surface area contributed by atoms with Crippen molar-refractivity contribution >= 4 is 22.4 Å². The number of aromatic nitrogens is 1. The number of nitro benzene ring substituents is 1. The van der Waals surface area contributed by atoms with Crippen LogP contribution in [-0.4, -0.2) is 22.5 Å². The molecule has 0 fully saturated rings. The lowest BCUT2D eigenvalue weighted by Gasteiger charge is -2.05. The third-order valence-corrected chi connectivity index (χ3v) is 2.45. The summed E-state index contributed by atoms with van der Waals surface area (Å²) < 4.78 is 4.87. The Balaban J connectivity index is 2.67. The summed E-state index contributed by atoms with van der Waals surface area (Å²) in [6.45, 7) is 1.91. The first-order chi connectivity index (χ1) is 8.65. The second-order valence-corrected chi connectivity index (χ2v) is 3.51. The van der Waals surface area contributed by atoms with E-state index < -0.39 is 10.9 Å². The first-order valence-electron chi connectivity index (χ1n) is 5.34. The van der Waals surface area contributed by atoms with Crippen molar-refractivity contribution in [2.75, 3.05) is 6.61 Å². The number of pyridine rings is 1. The Labute approximate surface area is 102 Å². The van der Waals surface area contributed by atoms with Crippen molar-refractivity contribution < 1.29 is 14.5 Å². The molecule has 0 bridgehead atoms. The van der Waals surface area contributed by atoms with E-state index in [4.69, 9.17) is 4.74 Å². The Morgan fingerprint density at radius 2 is 2.17 bits per heavy atom. The van der Waals surface area contributed by atoms with Gasteiger partial charge in [0.1, 0.15) is 0 Å². The van der Waals surface area contributed by atoms with Crippen LogP contribution in [0.25, 0.3) is 10.8 Å². The molecule has 92 valence electrons. The normalized spacial score (nSPS) is 10.3. The van der Waals surface area contributed by atoms with Gasteiger partial charge < -0.3 is 4.74 Å². The third kappa shape index (κ3) is 2.00. The van der Waals surface area contributed by atoms with Gasteiger partial charge in [0, 0.05) is 17.6 Å². The van der Waals surface area contributed by atoms with Crippen LogP contribution in [0.3, 0.4) is 0 Å². The molecule has 1 heterocycles. The molecule has 0 aliphatic rings. The van der Waals surface area contributed by atoms with Crippen molar-refractivity contribution in [3.05, 3.63) is 46.3 Å². The van der Waals surface area contributed by atoms with Crippen LogP contribution in [0.5, 0.6) is 0 Å². The fraction of sp³-hybridized carbons (Fsp3) is 0.167. The number of ether oxygens (including phenoxy) is 1. The highest BCUT2D eigenvalue weighted by Gasteiger charge is 2.17. The van der Waals surface area contributed by atoms with E-state index in [1.165, 1.54) is 24.4 Å². The van der Waals surface area contributed by atoms with Crippen LogP contribution in [0.2, 0.25) is 0 Å². The predicted octanol–water partition coefficient (Wildman–Crippen LogP) is 2.32. The second kappa shape index (κ2) is 4.79. The van der Waals surface area contributed by atoms with E-state index in [0.717, 1.165) is 0 Å². The molecule has 0 aliphatic heterocycles. The largest absolute Gasteiger partial charge is 0.461 e. The van der Waals surface area contributed by atoms with Crippen molar-refractivity contribution in [1.29, 1.82) is 0 Å². The molecule has 0 radical (unpaired) electrons. The average molecular weight is 246 g/mol. The molecular formula is C12H10N2O4. The molecular weight excluding hydrogens is 236 g/mol. The summed E-state index contributed by atoms with van der Waals surface area (Å²) in [6, 6.07) is 6.03. The highest BCUT2D eigenvalue weighted by molar-refractivity contribution is 6.05. The molecule has 0 saturated heterocycles. The third-order valence-electron chi connectivity index (χ3n) is 2.45. The van der Waals surface area contributed by atoms with E-state index in [2.05, 4.69) is 4.98 Å². The van der Waals surface area contributed by atoms with Gasteiger partial charge in [0.05, 0.1) is 16.9 Å². The Bertz CT molecular complexity index is 625. The Morgan fingerprint density at radius 1 is 1.39 bits per heavy atom. The highest BCUT2D eigenvalue weighted by atomic mass is 16.6. The standard InChI is InChI=1S/C12H10N2O4/c1-2-18-12(15)11-9-4-3-5-10(14(16)17)8(9)6-7-13-11/h3-7H,2H2,1H3. The quantitative estimate of drug-likeness (QED) is 0.471. The topological polar surface area (TPSA) is 82.3 Å². The Kier molecular flexibility index (Phi) is 3.18. The van der Waals surface area contributed by atoms with Gasteiger partial charge in [-0.05, 0) is 13.0 Å². The van der Waals surface area contributed by atoms with Gasteiger partial charge in [-0.25, -0.2) is 9.78 Å². The van der Waals surface area contributed by atoms with E-state index in [1.807, 2.05) is 0 Å². The minimum absolute atomic E-state index is 0.0551. The summed E-state index contributed by atoms with van der Waals surface area (Å²) in [5, 5.41) is 11.7. The number of non-ortho nitro benzene ring substituents is 1. The zero-order valence-corrected chi connectivity index (χ0v) is 9.62. The predicted molar refractivity (Wildman–Crippen MR) is 64.4 cm³/mol. The summed E-state index contributed by atoms with van der Waals surface area (Å²) in [5.74, 6) is -0.580. The maximum absolute atomic E-state index is 11.7. The summed E-state index contributed by atoms with van der Waals surface area (Å²) >= 11 is 0. The summed E-state index contributed by atoms with van der Waals surface area (Å²) in [5.41, 5.74) is 0.0403. The molecule has 0 atom stereocenters. The molecule has 1 aromatic heterocycles. The Morgan fingerprint density at radius 3 is 2.83 bits per heavy atom. The lowest BCUT2D eigenvalue weighted by molar-refractivity contribution is -0.383. The van der Waals surface area contributed by atoms with Crippen molar-refractivity contribution in [3.63, 3.8) is 0 Å². The van der Waals surface area contributed by atoms with E-state index >= 15 is 0 Å². The van der Waals surface area contributed by atoms with Crippen LogP contribution < -0.4 is 0 Å². The van der Waals surface area contributed by atoms with Crippen LogP contribution in [0.15, 0.2) is 30.5 Å². The number of hydrogen-bond acceptors (Lipinski definition) is 5. The highest BCUT2D eigenvalue weighted by Crippen LogP contribution is 2.26. The van der Waals surface area contributed by atoms with E-state index in [1.54, 1.807) is 13.0 Å². The van der Waals surface area contributed by atoms with Gasteiger partial charge in [-0.2, -0.15) is 0 Å². The summed E-state index contributed by atoms with van der Waals surface area (Å²) in [7, 11) is 0. The zero-order chi connectivity index (χ0) is 13.1. The van der Waals surface area contributed by atoms with Crippen LogP contribution in [0.4, 0.5) is 5.69 Å². The zero-order valence-electron chi connectivity index (χ0n) is 9.62. The smallest absolute Gasteiger partial charge is 0.357 e. The van der Waals surface area contributed by atoms with Gasteiger partial charge >= 0.3 is 5.97 Å². The summed E-state index contributed by atoms with van der Waals surface area (Å²) in [6.07, 6.45) is 1.36. The molecule has 2 aromatic rings. The maximum Gasteiger partial charge on any atom is 0.357 e. The van der Waals surface area contributed by atoms with Gasteiger partial charge in [-0.15, -0.1) is 0 Å². The van der Waals surface area contributed by atoms with E-state index in [-0.39, 0.29) is 18.0 Å². The van der Waals surface area contributed by atoms with Crippen molar-refractivity contribution in [2.45, 2.75) is 6.92 Å². The van der Waals surface area contributed by atoms with Crippen LogP contribution in [0.1, 0.15) is 17.4 Å². The molecule has 0 amide bonds. The average Bonchev–Trinajstić information content (AvgIpc) is 2.37. The number of carbonyl (C=O) groups excluding carboxylic acids is 1. The molecule has 0 saturated carbocycles. The molecule has 0 aliphatic carbocycles. The number of hydrogen-bond donors (Lipinski definition) is 0. The number of fused-ring (bicyclic) bond motifs is 1. The molecule has 6 nitrogen and oxygen atoms in total.